The van der Waals surface area contributed by atoms with Crippen LogP contribution in [-0.2, 0) is 16.1 Å². The number of H-pyrrole nitrogens is 1. The average molecular weight is 289 g/mol. The van der Waals surface area contributed by atoms with Crippen molar-refractivity contribution in [2.75, 3.05) is 6.61 Å². The molecule has 0 radical (unpaired) electrons. The summed E-state index contributed by atoms with van der Waals surface area (Å²) in [5, 5.41) is 2.84. The summed E-state index contributed by atoms with van der Waals surface area (Å²) >= 11 is 0. The van der Waals surface area contributed by atoms with Gasteiger partial charge in [0.15, 0.2) is 0 Å². The van der Waals surface area contributed by atoms with Gasteiger partial charge in [0, 0.05) is 6.61 Å². The summed E-state index contributed by atoms with van der Waals surface area (Å²) in [6.07, 6.45) is 0.471. The number of carbonyl (C=O) groups is 1. The molecule has 5 heteroatoms. The van der Waals surface area contributed by atoms with Crippen LogP contribution in [0, 0.1) is 13.8 Å². The number of fused-ring (bicyclic) bond motifs is 1. The Balaban J connectivity index is 1.99. The van der Waals surface area contributed by atoms with Crippen molar-refractivity contribution < 1.29 is 9.53 Å². The third-order valence-corrected chi connectivity index (χ3v) is 3.52. The van der Waals surface area contributed by atoms with Crippen LogP contribution in [0.1, 0.15) is 37.2 Å². The summed E-state index contributed by atoms with van der Waals surface area (Å²) in [5.74, 6) is 0.641. The molecule has 0 saturated carbocycles. The molecule has 2 rings (SSSR count). The lowest BCUT2D eigenvalue weighted by molar-refractivity contribution is -0.131. The molecule has 5 nitrogen and oxygen atoms in total. The first kappa shape index (κ1) is 15.5. The van der Waals surface area contributed by atoms with E-state index < -0.39 is 6.10 Å². The molecule has 0 bridgehead atoms. The van der Waals surface area contributed by atoms with E-state index in [9.17, 15) is 4.79 Å². The first-order valence-electron chi connectivity index (χ1n) is 7.36. The molecule has 0 spiro atoms. The normalized spacial score (nSPS) is 12.6. The summed E-state index contributed by atoms with van der Waals surface area (Å²) in [7, 11) is 0. The van der Waals surface area contributed by atoms with Crippen LogP contribution in [0.3, 0.4) is 0 Å². The van der Waals surface area contributed by atoms with Crippen molar-refractivity contribution in [2.45, 2.75) is 46.8 Å². The number of rotatable bonds is 6. The molecule has 114 valence electrons. The van der Waals surface area contributed by atoms with Crippen molar-refractivity contribution in [2.24, 2.45) is 0 Å². The monoisotopic (exact) mass is 289 g/mol. The fourth-order valence-corrected chi connectivity index (χ4v) is 2.09. The Labute approximate surface area is 125 Å². The van der Waals surface area contributed by atoms with Gasteiger partial charge in [-0.2, -0.15) is 0 Å². The summed E-state index contributed by atoms with van der Waals surface area (Å²) in [6, 6.07) is 4.13. The molecule has 2 aromatic rings. The SMILES string of the molecule is CCCO[C@H](C)C(=O)NCc1nc2cc(C)c(C)cc2[nH]1. The minimum atomic E-state index is -0.432. The van der Waals surface area contributed by atoms with Crippen molar-refractivity contribution in [1.82, 2.24) is 15.3 Å². The highest BCUT2D eigenvalue weighted by Crippen LogP contribution is 2.17. The molecule has 1 aromatic heterocycles. The number of aromatic amines is 1. The number of aryl methyl sites for hydroxylation is 2. The van der Waals surface area contributed by atoms with Crippen molar-refractivity contribution in [3.8, 4) is 0 Å². The molecule has 0 aliphatic rings. The van der Waals surface area contributed by atoms with Gasteiger partial charge in [0.05, 0.1) is 17.6 Å². The molecular weight excluding hydrogens is 266 g/mol. The predicted molar refractivity (Wildman–Crippen MR) is 83.1 cm³/mol. The van der Waals surface area contributed by atoms with Crippen LogP contribution in [0.5, 0.6) is 0 Å². The van der Waals surface area contributed by atoms with Crippen LogP contribution in [0.25, 0.3) is 11.0 Å². The third kappa shape index (κ3) is 3.82. The molecule has 0 aliphatic heterocycles. The Morgan fingerprint density at radius 1 is 1.38 bits per heavy atom. The van der Waals surface area contributed by atoms with Crippen LogP contribution >= 0.6 is 0 Å². The zero-order valence-electron chi connectivity index (χ0n) is 13.1. The van der Waals surface area contributed by atoms with E-state index in [1.54, 1.807) is 6.92 Å². The largest absolute Gasteiger partial charge is 0.369 e. The molecule has 1 atom stereocenters. The Kier molecular flexibility index (Phi) is 4.96. The van der Waals surface area contributed by atoms with E-state index in [0.717, 1.165) is 23.3 Å². The van der Waals surface area contributed by atoms with E-state index in [1.165, 1.54) is 11.1 Å². The fourth-order valence-electron chi connectivity index (χ4n) is 2.09. The summed E-state index contributed by atoms with van der Waals surface area (Å²) in [5.41, 5.74) is 4.37. The molecule has 2 N–H and O–H groups in total. The van der Waals surface area contributed by atoms with E-state index in [2.05, 4.69) is 41.3 Å². The van der Waals surface area contributed by atoms with E-state index in [1.807, 2.05) is 6.92 Å². The minimum absolute atomic E-state index is 0.115. The van der Waals surface area contributed by atoms with Crippen LogP contribution in [0.15, 0.2) is 12.1 Å². The number of amides is 1. The van der Waals surface area contributed by atoms with E-state index >= 15 is 0 Å². The molecule has 0 fully saturated rings. The Morgan fingerprint density at radius 3 is 2.81 bits per heavy atom. The molecule has 0 aliphatic carbocycles. The molecule has 1 amide bonds. The number of nitrogens with one attached hydrogen (secondary N) is 2. The Hall–Kier alpha value is -1.88. The number of hydrogen-bond donors (Lipinski definition) is 2. The van der Waals surface area contributed by atoms with E-state index in [-0.39, 0.29) is 5.91 Å². The third-order valence-electron chi connectivity index (χ3n) is 3.52. The second-order valence-electron chi connectivity index (χ2n) is 5.37. The zero-order valence-corrected chi connectivity index (χ0v) is 13.1. The lowest BCUT2D eigenvalue weighted by Crippen LogP contribution is -2.34. The average Bonchev–Trinajstić information content (AvgIpc) is 2.84. The number of aromatic nitrogens is 2. The number of nitrogens with zero attached hydrogens (tertiary/aromatic N) is 1. The lowest BCUT2D eigenvalue weighted by atomic mass is 10.1. The second kappa shape index (κ2) is 6.72. The van der Waals surface area contributed by atoms with Crippen LogP contribution in [-0.4, -0.2) is 28.6 Å². The maximum atomic E-state index is 11.9. The quantitative estimate of drug-likeness (QED) is 0.859. The van der Waals surface area contributed by atoms with Gasteiger partial charge in [0.1, 0.15) is 11.9 Å². The van der Waals surface area contributed by atoms with Crippen molar-refractivity contribution in [1.29, 1.82) is 0 Å². The van der Waals surface area contributed by atoms with Crippen molar-refractivity contribution in [3.05, 3.63) is 29.1 Å². The zero-order chi connectivity index (χ0) is 15.4. The number of hydrogen-bond acceptors (Lipinski definition) is 3. The molecule has 0 unspecified atom stereocenters. The van der Waals surface area contributed by atoms with Gasteiger partial charge in [-0.1, -0.05) is 6.92 Å². The molecule has 1 heterocycles. The second-order valence-corrected chi connectivity index (χ2v) is 5.37. The lowest BCUT2D eigenvalue weighted by Gasteiger charge is -2.11. The van der Waals surface area contributed by atoms with Gasteiger partial charge in [-0.05, 0) is 50.5 Å². The number of carbonyl (C=O) groups excluding carboxylic acids is 1. The summed E-state index contributed by atoms with van der Waals surface area (Å²) in [4.78, 5) is 19.6. The van der Waals surface area contributed by atoms with Gasteiger partial charge in [-0.15, -0.1) is 0 Å². The smallest absolute Gasteiger partial charge is 0.249 e. The highest BCUT2D eigenvalue weighted by Gasteiger charge is 2.13. The van der Waals surface area contributed by atoms with Crippen LogP contribution in [0.2, 0.25) is 0 Å². The summed E-state index contributed by atoms with van der Waals surface area (Å²) in [6.45, 7) is 8.89. The van der Waals surface area contributed by atoms with Gasteiger partial charge in [0.2, 0.25) is 5.91 Å². The maximum absolute atomic E-state index is 11.9. The first-order chi connectivity index (χ1) is 10.0. The first-order valence-corrected chi connectivity index (χ1v) is 7.36. The number of ether oxygens (including phenoxy) is 1. The molecule has 1 aromatic carbocycles. The van der Waals surface area contributed by atoms with Gasteiger partial charge in [0.25, 0.3) is 0 Å². The van der Waals surface area contributed by atoms with Crippen LogP contribution < -0.4 is 5.32 Å². The van der Waals surface area contributed by atoms with Gasteiger partial charge in [-0.3, -0.25) is 4.79 Å². The molecule has 0 saturated heterocycles. The standard InChI is InChI=1S/C16H23N3O2/c1-5-6-21-12(4)16(20)17-9-15-18-13-7-10(2)11(3)8-14(13)19-15/h7-8,12H,5-6,9H2,1-4H3,(H,17,20)(H,18,19)/t12-/m1/s1. The predicted octanol–water partition coefficient (Wildman–Crippen LogP) is 2.61. The number of benzene rings is 1. The van der Waals surface area contributed by atoms with Gasteiger partial charge < -0.3 is 15.0 Å². The maximum Gasteiger partial charge on any atom is 0.249 e. The highest BCUT2D eigenvalue weighted by molar-refractivity contribution is 5.80. The fraction of sp³-hybridized carbons (Fsp3) is 0.500. The van der Waals surface area contributed by atoms with Crippen molar-refractivity contribution >= 4 is 16.9 Å². The van der Waals surface area contributed by atoms with Gasteiger partial charge in [-0.25, -0.2) is 4.98 Å². The summed E-state index contributed by atoms with van der Waals surface area (Å²) < 4.78 is 5.39. The van der Waals surface area contributed by atoms with Crippen LogP contribution in [0.4, 0.5) is 0 Å². The Morgan fingerprint density at radius 2 is 2.10 bits per heavy atom. The van der Waals surface area contributed by atoms with Crippen molar-refractivity contribution in [3.63, 3.8) is 0 Å². The van der Waals surface area contributed by atoms with E-state index in [0.29, 0.717) is 13.2 Å². The molecule has 21 heavy (non-hydrogen) atoms. The van der Waals surface area contributed by atoms with E-state index in [4.69, 9.17) is 4.74 Å². The van der Waals surface area contributed by atoms with Gasteiger partial charge >= 0.3 is 0 Å². The number of imidazole rings is 1. The topological polar surface area (TPSA) is 67.0 Å². The Bertz CT molecular complexity index is 595. The highest BCUT2D eigenvalue weighted by atomic mass is 16.5. The molecular formula is C16H23N3O2. The minimum Gasteiger partial charge on any atom is -0.369 e.